The van der Waals surface area contributed by atoms with Crippen LogP contribution in [0.25, 0.3) is 77.3 Å². The van der Waals surface area contributed by atoms with Crippen molar-refractivity contribution in [3.05, 3.63) is 143 Å². The zero-order chi connectivity index (χ0) is 35.0. The maximum atomic E-state index is 5.50. The summed E-state index contributed by atoms with van der Waals surface area (Å²) in [5.41, 5.74) is 17.2. The van der Waals surface area contributed by atoms with Gasteiger partial charge in [-0.25, -0.2) is 0 Å². The average molecular weight is 980 g/mol. The summed E-state index contributed by atoms with van der Waals surface area (Å²) in [6, 6.07) is 43.7. The molecule has 1 aliphatic rings. The quantitative estimate of drug-likeness (QED) is 0.128. The number of halogens is 1. The van der Waals surface area contributed by atoms with Crippen LogP contribution >= 0.6 is 24.0 Å². The Bertz CT molecular complexity index is 2950. The normalized spacial score (nSPS) is 13.4. The van der Waals surface area contributed by atoms with E-state index in [-0.39, 0.29) is 54.9 Å². The van der Waals surface area contributed by atoms with Crippen LogP contribution in [0.2, 0.25) is 0 Å². The van der Waals surface area contributed by atoms with Gasteiger partial charge in [-0.05, 0) is 101 Å². The van der Waals surface area contributed by atoms with Crippen molar-refractivity contribution >= 4 is 73.4 Å². The molecule has 4 heterocycles. The maximum absolute atomic E-state index is 5.50. The topological polar surface area (TPSA) is 35.1 Å². The van der Waals surface area contributed by atoms with E-state index in [0.717, 1.165) is 44.5 Å². The summed E-state index contributed by atoms with van der Waals surface area (Å²) in [5, 5.41) is 3.45. The first-order valence-electron chi connectivity index (χ1n) is 17.9. The zero-order valence-corrected chi connectivity index (χ0v) is 35.6. The Balaban J connectivity index is 0.00000200. The fourth-order valence-electron chi connectivity index (χ4n) is 8.57. The molecule has 0 saturated carbocycles. The van der Waals surface area contributed by atoms with Gasteiger partial charge < -0.3 is 8.97 Å². The first kappa shape index (κ1) is 35.7. The predicted octanol–water partition coefficient (Wildman–Crippen LogP) is 12.4. The summed E-state index contributed by atoms with van der Waals surface area (Å²) in [4.78, 5) is 10.7. The molecule has 3 aromatic heterocycles. The number of fused-ring (bicyclic) bond motifs is 10. The molecule has 53 heavy (non-hydrogen) atoms. The van der Waals surface area contributed by atoms with E-state index in [2.05, 4.69) is 167 Å². The number of aromatic nitrogens is 4. The Hall–Kier alpha value is -4.36. The van der Waals surface area contributed by atoms with Crippen LogP contribution in [0.1, 0.15) is 62.7 Å². The van der Waals surface area contributed by atoms with Gasteiger partial charge in [-0.15, -0.1) is 42.2 Å². The van der Waals surface area contributed by atoms with Crippen molar-refractivity contribution in [2.24, 2.45) is 0 Å². The van der Waals surface area contributed by atoms with Crippen molar-refractivity contribution in [1.29, 1.82) is 0 Å². The van der Waals surface area contributed by atoms with Gasteiger partial charge in [0.2, 0.25) is 0 Å². The van der Waals surface area contributed by atoms with E-state index in [0.29, 0.717) is 0 Å². The first-order valence-corrected chi connectivity index (χ1v) is 17.9. The van der Waals surface area contributed by atoms with Crippen LogP contribution < -0.4 is 0 Å². The molecule has 1 radical (unpaired) electrons. The van der Waals surface area contributed by atoms with E-state index < -0.39 is 0 Å². The number of rotatable bonds is 2. The van der Waals surface area contributed by atoms with Crippen LogP contribution in [0.3, 0.4) is 0 Å². The maximum Gasteiger partial charge on any atom is 0.102 e. The number of benzene rings is 6. The number of hydrogen-bond acceptors (Lipinski definition) is 2. The monoisotopic (exact) mass is 980 g/mol. The number of imidazole rings is 1. The third-order valence-corrected chi connectivity index (χ3v) is 11.3. The fourth-order valence-corrected chi connectivity index (χ4v) is 8.57. The molecule has 0 N–H and O–H groups in total. The summed E-state index contributed by atoms with van der Waals surface area (Å²) < 4.78 is 4.76. The Morgan fingerprint density at radius 3 is 2.17 bits per heavy atom. The van der Waals surface area contributed by atoms with Gasteiger partial charge in [0.15, 0.2) is 0 Å². The number of hydrogen-bond donors (Lipinski definition) is 0. The molecule has 0 atom stereocenters. The first-order chi connectivity index (χ1) is 24.5. The van der Waals surface area contributed by atoms with Crippen LogP contribution in [0.15, 0.2) is 109 Å². The van der Waals surface area contributed by atoms with Gasteiger partial charge in [0, 0.05) is 41.7 Å². The third-order valence-electron chi connectivity index (χ3n) is 11.3. The summed E-state index contributed by atoms with van der Waals surface area (Å²) in [6.45, 7) is 15.8. The predicted molar refractivity (Wildman–Crippen MR) is 228 cm³/mol. The van der Waals surface area contributed by atoms with Crippen molar-refractivity contribution in [3.63, 3.8) is 0 Å². The second kappa shape index (κ2) is 12.3. The summed E-state index contributed by atoms with van der Waals surface area (Å²) in [6.07, 6.45) is 0. The van der Waals surface area contributed by atoms with Crippen LogP contribution in [0.4, 0.5) is 0 Å². The fraction of sp³-hybridized carbons (Fsp3) is 0.191. The van der Waals surface area contributed by atoms with Gasteiger partial charge in [-0.1, -0.05) is 100 Å². The van der Waals surface area contributed by atoms with Crippen molar-refractivity contribution < 1.29 is 20.1 Å². The summed E-state index contributed by atoms with van der Waals surface area (Å²) in [7, 11) is 0. The molecule has 6 aromatic carbocycles. The second-order valence-corrected chi connectivity index (χ2v) is 16.0. The van der Waals surface area contributed by atoms with E-state index in [1.165, 1.54) is 60.9 Å². The SMILES string of the molecule is Cc1cc2nc3c4[c-]ccc(-c5ccc6c(c5)c5cc(-c7ccccc7)cc7c5n6-c5ccccc5C7(C)C)c4nc(C(C)(C)C)n3c2cc1C.I.[Ir]. The molecule has 265 valence electrons. The Labute approximate surface area is 340 Å². The van der Waals surface area contributed by atoms with Crippen molar-refractivity contribution in [2.45, 2.75) is 59.3 Å². The molecular formula is C47H40IIrN4-. The minimum absolute atomic E-state index is 0. The van der Waals surface area contributed by atoms with E-state index in [1.807, 2.05) is 6.07 Å². The average Bonchev–Trinajstić information content (AvgIpc) is 3.65. The largest absolute Gasteiger partial charge is 0.321 e. The Kier molecular flexibility index (Phi) is 8.30. The van der Waals surface area contributed by atoms with Crippen LogP contribution in [-0.2, 0) is 30.9 Å². The molecule has 4 nitrogen and oxygen atoms in total. The van der Waals surface area contributed by atoms with Gasteiger partial charge in [0.05, 0.1) is 33.4 Å². The Morgan fingerprint density at radius 1 is 0.679 bits per heavy atom. The molecule has 0 unspecified atom stereocenters. The minimum Gasteiger partial charge on any atom is -0.321 e. The van der Waals surface area contributed by atoms with Gasteiger partial charge in [-0.2, -0.15) is 0 Å². The van der Waals surface area contributed by atoms with Crippen LogP contribution in [-0.4, -0.2) is 18.9 Å². The van der Waals surface area contributed by atoms with E-state index >= 15 is 0 Å². The zero-order valence-electron chi connectivity index (χ0n) is 30.9. The molecule has 0 bridgehead atoms. The second-order valence-electron chi connectivity index (χ2n) is 16.0. The van der Waals surface area contributed by atoms with Crippen LogP contribution in [0.5, 0.6) is 0 Å². The van der Waals surface area contributed by atoms with Gasteiger partial charge >= 0.3 is 0 Å². The van der Waals surface area contributed by atoms with Crippen molar-refractivity contribution in [2.75, 3.05) is 0 Å². The van der Waals surface area contributed by atoms with Crippen LogP contribution in [0, 0.1) is 19.9 Å². The molecule has 0 fully saturated rings. The van der Waals surface area contributed by atoms with E-state index in [1.54, 1.807) is 0 Å². The molecule has 6 heteroatoms. The summed E-state index contributed by atoms with van der Waals surface area (Å²) >= 11 is 0. The molecule has 0 saturated heterocycles. The standard InChI is InChI=1S/C47H39N4.HI.Ir/c1-27-22-38-41(23-28(27)2)51-44(48-38)33-17-13-16-32(42(33)49-45(51)46(3,4)5)30-20-21-39-34(24-30)35-25-31(29-14-9-8-10-15-29)26-37-43(35)50(39)40-19-12-11-18-36(40)47(37,6)7;;/h8-16,18-26H,1-7H3;1H;/q-1;;. The molecule has 0 spiro atoms. The van der Waals surface area contributed by atoms with Crippen molar-refractivity contribution in [3.8, 4) is 27.9 Å². The van der Waals surface area contributed by atoms with Crippen molar-refractivity contribution in [1.82, 2.24) is 18.9 Å². The Morgan fingerprint density at radius 2 is 1.40 bits per heavy atom. The summed E-state index contributed by atoms with van der Waals surface area (Å²) in [5.74, 6) is 0.996. The van der Waals surface area contributed by atoms with Gasteiger partial charge in [0.1, 0.15) is 5.82 Å². The van der Waals surface area contributed by atoms with E-state index in [4.69, 9.17) is 9.97 Å². The molecular weight excluding hydrogens is 940 g/mol. The molecule has 9 aromatic rings. The molecule has 1 aliphatic heterocycles. The minimum atomic E-state index is -0.219. The van der Waals surface area contributed by atoms with Gasteiger partial charge in [-0.3, -0.25) is 9.97 Å². The smallest absolute Gasteiger partial charge is 0.102 e. The number of nitrogens with zero attached hydrogens (tertiary/aromatic N) is 4. The number of aryl methyl sites for hydroxylation is 2. The van der Waals surface area contributed by atoms with Gasteiger partial charge in [0.25, 0.3) is 0 Å². The van der Waals surface area contributed by atoms with E-state index in [9.17, 15) is 0 Å². The molecule has 10 rings (SSSR count). The third kappa shape index (κ3) is 5.09. The molecule has 0 amide bonds. The molecule has 0 aliphatic carbocycles. The number of para-hydroxylation sites is 1.